The minimum atomic E-state index is 0.616. The molecule has 4 fully saturated rings. The average molecular weight is 578 g/mol. The van der Waals surface area contributed by atoms with Crippen LogP contribution in [0.5, 0.6) is 0 Å². The molecule has 9 atom stereocenters. The van der Waals surface area contributed by atoms with Crippen LogP contribution in [0.3, 0.4) is 0 Å². The van der Waals surface area contributed by atoms with Crippen LogP contribution < -0.4 is 0 Å². The third-order valence-corrected chi connectivity index (χ3v) is 14.5. The van der Waals surface area contributed by atoms with Crippen LogP contribution in [-0.2, 0) is 12.8 Å². The Kier molecular flexibility index (Phi) is 6.33. The second-order valence-corrected chi connectivity index (χ2v) is 16.3. The smallest absolute Gasteiger partial charge is 0.0174 e. The molecule has 0 saturated heterocycles. The molecule has 0 nitrogen and oxygen atoms in total. The Hall–Kier alpha value is -2.60. The average Bonchev–Trinajstić information content (AvgIpc) is 3.42. The zero-order valence-electron chi connectivity index (χ0n) is 26.5. The predicted molar refractivity (Wildman–Crippen MR) is 184 cm³/mol. The van der Waals surface area contributed by atoms with Crippen LogP contribution in [0.15, 0.2) is 72.8 Å². The van der Waals surface area contributed by atoms with Gasteiger partial charge in [0.05, 0.1) is 0 Å². The summed E-state index contributed by atoms with van der Waals surface area (Å²) in [4.78, 5) is 0. The van der Waals surface area contributed by atoms with Crippen molar-refractivity contribution in [1.82, 2.24) is 0 Å². The fourth-order valence-corrected chi connectivity index (χ4v) is 12.8. The Morgan fingerprint density at radius 1 is 0.500 bits per heavy atom. The van der Waals surface area contributed by atoms with Crippen LogP contribution >= 0.6 is 0 Å². The number of benzene rings is 4. The molecule has 9 unspecified atom stereocenters. The Morgan fingerprint density at radius 3 is 2.14 bits per heavy atom. The first-order chi connectivity index (χ1) is 21.8. The molecule has 4 saturated carbocycles. The molecule has 0 N–H and O–H groups in total. The molecule has 6 aliphatic rings. The third kappa shape index (κ3) is 4.01. The van der Waals surface area contributed by atoms with Crippen molar-refractivity contribution >= 4 is 21.5 Å². The van der Waals surface area contributed by atoms with E-state index >= 15 is 0 Å². The molecule has 225 valence electrons. The molecule has 0 aliphatic heterocycles. The second-order valence-electron chi connectivity index (χ2n) is 16.3. The number of rotatable bonds is 2. The van der Waals surface area contributed by atoms with Crippen LogP contribution in [0.1, 0.15) is 105 Å². The molecule has 4 aromatic rings. The quantitative estimate of drug-likeness (QED) is 0.208. The van der Waals surface area contributed by atoms with Crippen LogP contribution in [0.4, 0.5) is 0 Å². The van der Waals surface area contributed by atoms with Crippen LogP contribution in [0.2, 0.25) is 0 Å². The summed E-state index contributed by atoms with van der Waals surface area (Å²) in [7, 11) is 0. The van der Waals surface area contributed by atoms with Gasteiger partial charge in [0.15, 0.2) is 0 Å². The summed E-state index contributed by atoms with van der Waals surface area (Å²) < 4.78 is 0. The highest BCUT2D eigenvalue weighted by Crippen LogP contribution is 2.64. The van der Waals surface area contributed by atoms with E-state index in [1.807, 2.05) is 5.92 Å². The number of hydrogen-bond donors (Lipinski definition) is 0. The monoisotopic (exact) mass is 577 g/mol. The van der Waals surface area contributed by atoms with Gasteiger partial charge < -0.3 is 0 Å². The summed E-state index contributed by atoms with van der Waals surface area (Å²) in [5.41, 5.74) is 6.75. The fourth-order valence-electron chi connectivity index (χ4n) is 12.8. The van der Waals surface area contributed by atoms with Gasteiger partial charge in [-0.3, -0.25) is 0 Å². The predicted octanol–water partition coefficient (Wildman–Crippen LogP) is 11.5. The highest BCUT2D eigenvalue weighted by molar-refractivity contribution is 6.08. The molecule has 6 aliphatic carbocycles. The SMILES string of the molecule is c1ccc2c(c1)CC1CCCC(C3[C](C4CCCC5CC6CCCCC6CC54)c4c5ccccc5cc5cccc3c45)C1C2. The van der Waals surface area contributed by atoms with E-state index in [0.717, 1.165) is 47.3 Å². The lowest BCUT2D eigenvalue weighted by Crippen LogP contribution is -2.44. The zero-order valence-corrected chi connectivity index (χ0v) is 26.5. The number of fused-ring (bicyclic) bond motifs is 6. The van der Waals surface area contributed by atoms with Crippen LogP contribution in [0, 0.1) is 53.3 Å². The van der Waals surface area contributed by atoms with Gasteiger partial charge in [-0.15, -0.1) is 0 Å². The third-order valence-electron chi connectivity index (χ3n) is 14.5. The van der Waals surface area contributed by atoms with Crippen molar-refractivity contribution in [2.75, 3.05) is 0 Å². The van der Waals surface area contributed by atoms with E-state index in [-0.39, 0.29) is 0 Å². The summed E-state index contributed by atoms with van der Waals surface area (Å²) >= 11 is 0. The first-order valence-electron chi connectivity index (χ1n) is 18.7. The maximum atomic E-state index is 2.59. The number of hydrogen-bond acceptors (Lipinski definition) is 0. The van der Waals surface area contributed by atoms with Gasteiger partial charge in [0.1, 0.15) is 0 Å². The molecule has 0 heteroatoms. The molecular weight excluding hydrogens is 528 g/mol. The Balaban J connectivity index is 1.14. The van der Waals surface area contributed by atoms with Crippen molar-refractivity contribution in [1.29, 1.82) is 0 Å². The molecule has 0 aromatic heterocycles. The van der Waals surface area contributed by atoms with Gasteiger partial charge in [-0.2, -0.15) is 0 Å². The minimum Gasteiger partial charge on any atom is -0.0620 e. The van der Waals surface area contributed by atoms with E-state index in [0.29, 0.717) is 5.92 Å². The van der Waals surface area contributed by atoms with Gasteiger partial charge in [0.25, 0.3) is 0 Å². The van der Waals surface area contributed by atoms with Crippen molar-refractivity contribution < 1.29 is 0 Å². The van der Waals surface area contributed by atoms with Gasteiger partial charge >= 0.3 is 0 Å². The molecule has 44 heavy (non-hydrogen) atoms. The molecular formula is C44H49. The highest BCUT2D eigenvalue weighted by Gasteiger charge is 2.53. The molecule has 1 radical (unpaired) electrons. The molecule has 0 heterocycles. The van der Waals surface area contributed by atoms with Crippen LogP contribution in [0.25, 0.3) is 21.5 Å². The van der Waals surface area contributed by atoms with E-state index in [2.05, 4.69) is 72.8 Å². The van der Waals surface area contributed by atoms with Crippen LogP contribution in [-0.4, -0.2) is 0 Å². The lowest BCUT2D eigenvalue weighted by molar-refractivity contribution is 0.0172. The van der Waals surface area contributed by atoms with Crippen molar-refractivity contribution in [3.8, 4) is 0 Å². The van der Waals surface area contributed by atoms with E-state index < -0.39 is 0 Å². The van der Waals surface area contributed by atoms with E-state index in [9.17, 15) is 0 Å². The van der Waals surface area contributed by atoms with Crippen molar-refractivity contribution in [2.24, 2.45) is 47.3 Å². The van der Waals surface area contributed by atoms with Crippen molar-refractivity contribution in [3.63, 3.8) is 0 Å². The Bertz CT molecular complexity index is 1710. The largest absolute Gasteiger partial charge is 0.0620 e. The van der Waals surface area contributed by atoms with Gasteiger partial charge in [-0.25, -0.2) is 0 Å². The van der Waals surface area contributed by atoms with Crippen molar-refractivity contribution in [3.05, 3.63) is 101 Å². The topological polar surface area (TPSA) is 0 Å². The molecule has 4 aromatic carbocycles. The summed E-state index contributed by atoms with van der Waals surface area (Å²) in [6.45, 7) is 0. The van der Waals surface area contributed by atoms with Crippen molar-refractivity contribution in [2.45, 2.75) is 95.8 Å². The molecule has 0 bridgehead atoms. The fraction of sp³-hybridized carbons (Fsp3) is 0.523. The standard InChI is InChI=1S/C44H49/c1-3-12-29-25-39-32(22-27(29)10-1)15-7-19-36(39)42-38-21-9-17-34-24-31-14-5-6-18-35(31)43(41(34)38)44(42)37-20-8-16-33-23-28-11-2-4-13-30(28)26-40(33)37/h1,3,5-6,9-10,12,14,17-18,21,24,28,30,32-33,36-37,39-40,42H,2,4,7-8,11,13,15-16,19-20,22-23,25-26H2. The Labute approximate surface area is 265 Å². The first-order valence-corrected chi connectivity index (χ1v) is 18.7. The lowest BCUT2D eigenvalue weighted by Gasteiger charge is -2.53. The van der Waals surface area contributed by atoms with E-state index in [4.69, 9.17) is 0 Å². The van der Waals surface area contributed by atoms with Gasteiger partial charge in [-0.1, -0.05) is 112 Å². The lowest BCUT2D eigenvalue weighted by atomic mass is 9.52. The van der Waals surface area contributed by atoms with E-state index in [1.165, 1.54) is 94.2 Å². The molecule has 0 amide bonds. The first kappa shape index (κ1) is 26.6. The second kappa shape index (κ2) is 10.5. The summed E-state index contributed by atoms with van der Waals surface area (Å²) in [6.07, 6.45) is 20.4. The maximum Gasteiger partial charge on any atom is 0.0174 e. The zero-order chi connectivity index (χ0) is 28.8. The van der Waals surface area contributed by atoms with Gasteiger partial charge in [0, 0.05) is 5.92 Å². The minimum absolute atomic E-state index is 0.616. The van der Waals surface area contributed by atoms with E-state index in [1.54, 1.807) is 39.4 Å². The highest BCUT2D eigenvalue weighted by atomic mass is 14.6. The summed E-state index contributed by atoms with van der Waals surface area (Å²) in [5.74, 6) is 9.73. The van der Waals surface area contributed by atoms with Gasteiger partial charge in [-0.05, 0) is 148 Å². The molecule has 10 rings (SSSR count). The summed E-state index contributed by atoms with van der Waals surface area (Å²) in [6, 6.07) is 28.9. The summed E-state index contributed by atoms with van der Waals surface area (Å²) in [5, 5.41) is 6.17. The maximum absolute atomic E-state index is 2.59. The van der Waals surface area contributed by atoms with Gasteiger partial charge in [0.2, 0.25) is 0 Å². The Morgan fingerprint density at radius 2 is 1.23 bits per heavy atom. The molecule has 0 spiro atoms. The normalized spacial score (nSPS) is 36.4.